The van der Waals surface area contributed by atoms with E-state index in [4.69, 9.17) is 13.9 Å². The standard InChI is InChI=1S/C29H30FNO6/c1-3-5-6-15-37-23-14-11-20(17-24(23)35-4-2)26-25(27(32)19-9-12-21(30)13-10-19)28(33)29(34)31(26)18-22-8-7-16-36-22/h7-14,16-17,26,32H,3-6,15,18H2,1-2H3/b27-25+. The first-order valence-corrected chi connectivity index (χ1v) is 12.4. The smallest absolute Gasteiger partial charge is 0.296 e. The molecule has 1 fully saturated rings. The van der Waals surface area contributed by atoms with Gasteiger partial charge in [0.1, 0.15) is 17.3 Å². The topological polar surface area (TPSA) is 89.2 Å². The van der Waals surface area contributed by atoms with Crippen molar-refractivity contribution in [2.24, 2.45) is 0 Å². The molecule has 1 aromatic heterocycles. The molecule has 7 nitrogen and oxygen atoms in total. The van der Waals surface area contributed by atoms with Crippen molar-refractivity contribution in [3.05, 3.63) is 89.1 Å². The summed E-state index contributed by atoms with van der Waals surface area (Å²) in [5.41, 5.74) is 0.685. The highest BCUT2D eigenvalue weighted by atomic mass is 19.1. The number of likely N-dealkylation sites (tertiary alicyclic amines) is 1. The van der Waals surface area contributed by atoms with Crippen LogP contribution >= 0.6 is 0 Å². The van der Waals surface area contributed by atoms with Crippen LogP contribution in [0, 0.1) is 5.82 Å². The van der Waals surface area contributed by atoms with Gasteiger partial charge in [-0.15, -0.1) is 0 Å². The normalized spacial score (nSPS) is 16.8. The van der Waals surface area contributed by atoms with Gasteiger partial charge in [-0.25, -0.2) is 4.39 Å². The Morgan fingerprint density at radius 2 is 1.81 bits per heavy atom. The molecule has 1 saturated heterocycles. The number of hydrogen-bond acceptors (Lipinski definition) is 6. The summed E-state index contributed by atoms with van der Waals surface area (Å²) < 4.78 is 30.7. The van der Waals surface area contributed by atoms with E-state index in [1.807, 2.05) is 6.92 Å². The first-order chi connectivity index (χ1) is 17.9. The number of hydrogen-bond donors (Lipinski definition) is 1. The van der Waals surface area contributed by atoms with Crippen molar-refractivity contribution >= 4 is 17.4 Å². The summed E-state index contributed by atoms with van der Waals surface area (Å²) in [5.74, 6) is -0.968. The lowest BCUT2D eigenvalue weighted by Crippen LogP contribution is -2.29. The van der Waals surface area contributed by atoms with Gasteiger partial charge in [0.2, 0.25) is 0 Å². The number of ether oxygens (including phenoxy) is 2. The fourth-order valence-electron chi connectivity index (χ4n) is 4.34. The first kappa shape index (κ1) is 26.0. The third-order valence-corrected chi connectivity index (χ3v) is 6.15. The average Bonchev–Trinajstić information content (AvgIpc) is 3.50. The number of carbonyl (C=O) groups excluding carboxylic acids is 2. The molecule has 37 heavy (non-hydrogen) atoms. The van der Waals surface area contributed by atoms with Crippen LogP contribution in [-0.2, 0) is 16.1 Å². The van der Waals surface area contributed by atoms with Gasteiger partial charge in [0.25, 0.3) is 11.7 Å². The highest BCUT2D eigenvalue weighted by Crippen LogP contribution is 2.42. The molecule has 1 amide bonds. The first-order valence-electron chi connectivity index (χ1n) is 12.4. The number of aliphatic hydroxyl groups excluding tert-OH is 1. The van der Waals surface area contributed by atoms with Crippen molar-refractivity contribution in [3.8, 4) is 11.5 Å². The number of carbonyl (C=O) groups is 2. The van der Waals surface area contributed by atoms with Crippen LogP contribution in [0.3, 0.4) is 0 Å². The summed E-state index contributed by atoms with van der Waals surface area (Å²) in [5, 5.41) is 11.1. The molecule has 1 atom stereocenters. The van der Waals surface area contributed by atoms with E-state index in [0.29, 0.717) is 36.0 Å². The van der Waals surface area contributed by atoms with Gasteiger partial charge in [0.15, 0.2) is 11.5 Å². The van der Waals surface area contributed by atoms with Crippen molar-refractivity contribution in [3.63, 3.8) is 0 Å². The summed E-state index contributed by atoms with van der Waals surface area (Å²) in [4.78, 5) is 27.7. The van der Waals surface area contributed by atoms with Crippen LogP contribution < -0.4 is 9.47 Å². The van der Waals surface area contributed by atoms with Crippen LogP contribution in [0.2, 0.25) is 0 Å². The van der Waals surface area contributed by atoms with Crippen LogP contribution in [0.4, 0.5) is 4.39 Å². The van der Waals surface area contributed by atoms with Crippen molar-refractivity contribution in [2.45, 2.75) is 45.7 Å². The zero-order valence-electron chi connectivity index (χ0n) is 20.9. The second-order valence-electron chi connectivity index (χ2n) is 8.71. The van der Waals surface area contributed by atoms with Crippen LogP contribution in [-0.4, -0.2) is 34.9 Å². The minimum atomic E-state index is -0.927. The van der Waals surface area contributed by atoms with Crippen molar-refractivity contribution in [1.82, 2.24) is 4.90 Å². The van der Waals surface area contributed by atoms with Gasteiger partial charge in [0.05, 0.1) is 37.6 Å². The molecule has 0 spiro atoms. The fraction of sp³-hybridized carbons (Fsp3) is 0.310. The average molecular weight is 508 g/mol. The second kappa shape index (κ2) is 11.8. The highest BCUT2D eigenvalue weighted by Gasteiger charge is 2.46. The van der Waals surface area contributed by atoms with Crippen molar-refractivity contribution in [2.75, 3.05) is 13.2 Å². The lowest BCUT2D eigenvalue weighted by atomic mass is 9.95. The zero-order valence-corrected chi connectivity index (χ0v) is 20.9. The maximum atomic E-state index is 13.5. The Morgan fingerprint density at radius 1 is 1.03 bits per heavy atom. The van der Waals surface area contributed by atoms with E-state index in [-0.39, 0.29) is 23.4 Å². The molecule has 2 heterocycles. The Balaban J connectivity index is 1.79. The van der Waals surface area contributed by atoms with Gasteiger partial charge in [-0.05, 0) is 67.4 Å². The number of furan rings is 1. The molecule has 3 aromatic rings. The number of amides is 1. The Kier molecular flexibility index (Phi) is 8.28. The maximum absolute atomic E-state index is 13.5. The number of halogens is 1. The lowest BCUT2D eigenvalue weighted by molar-refractivity contribution is -0.140. The Morgan fingerprint density at radius 3 is 2.49 bits per heavy atom. The van der Waals surface area contributed by atoms with Gasteiger partial charge >= 0.3 is 0 Å². The van der Waals surface area contributed by atoms with Crippen molar-refractivity contribution < 1.29 is 33.0 Å². The van der Waals surface area contributed by atoms with E-state index >= 15 is 0 Å². The second-order valence-corrected chi connectivity index (χ2v) is 8.71. The molecule has 8 heteroatoms. The molecule has 0 saturated carbocycles. The molecule has 2 aromatic carbocycles. The molecule has 1 N–H and O–H groups in total. The molecular formula is C29H30FNO6. The minimum Gasteiger partial charge on any atom is -0.507 e. The third-order valence-electron chi connectivity index (χ3n) is 6.15. The third kappa shape index (κ3) is 5.69. The molecule has 1 aliphatic heterocycles. The van der Waals surface area contributed by atoms with E-state index in [1.54, 1.807) is 30.3 Å². The van der Waals surface area contributed by atoms with Crippen LogP contribution in [0.25, 0.3) is 5.76 Å². The number of unbranched alkanes of at least 4 members (excludes halogenated alkanes) is 2. The van der Waals surface area contributed by atoms with E-state index < -0.39 is 23.5 Å². The molecule has 0 radical (unpaired) electrons. The minimum absolute atomic E-state index is 0.0156. The summed E-state index contributed by atoms with van der Waals surface area (Å²) >= 11 is 0. The lowest BCUT2D eigenvalue weighted by Gasteiger charge is -2.25. The largest absolute Gasteiger partial charge is 0.507 e. The molecule has 1 unspecified atom stereocenters. The van der Waals surface area contributed by atoms with Gasteiger partial charge in [0, 0.05) is 5.56 Å². The van der Waals surface area contributed by atoms with Gasteiger partial charge < -0.3 is 23.9 Å². The Labute approximate surface area is 215 Å². The Hall–Kier alpha value is -4.07. The van der Waals surface area contributed by atoms with Gasteiger partial charge in [-0.2, -0.15) is 0 Å². The fourth-order valence-corrected chi connectivity index (χ4v) is 4.34. The summed E-state index contributed by atoms with van der Waals surface area (Å²) in [6, 6.07) is 12.8. The summed E-state index contributed by atoms with van der Waals surface area (Å²) in [6.45, 7) is 4.91. The number of aliphatic hydroxyl groups is 1. The predicted octanol–water partition coefficient (Wildman–Crippen LogP) is 6.01. The molecule has 1 aliphatic rings. The van der Waals surface area contributed by atoms with E-state index in [0.717, 1.165) is 19.3 Å². The SMILES string of the molecule is CCCCCOc1ccc(C2/C(=C(\O)c3ccc(F)cc3)C(=O)C(=O)N2Cc2ccco2)cc1OCC. The number of benzene rings is 2. The predicted molar refractivity (Wildman–Crippen MR) is 136 cm³/mol. The molecule has 0 aliphatic carbocycles. The summed E-state index contributed by atoms with van der Waals surface area (Å²) in [7, 11) is 0. The van der Waals surface area contributed by atoms with Crippen LogP contribution in [0.5, 0.6) is 11.5 Å². The molecular weight excluding hydrogens is 477 g/mol. The molecule has 194 valence electrons. The number of nitrogens with zero attached hydrogens (tertiary/aromatic N) is 1. The monoisotopic (exact) mass is 507 g/mol. The van der Waals surface area contributed by atoms with Crippen LogP contribution in [0.15, 0.2) is 70.9 Å². The number of ketones is 1. The molecule has 4 rings (SSSR count). The maximum Gasteiger partial charge on any atom is 0.296 e. The zero-order chi connectivity index (χ0) is 26.4. The highest BCUT2D eigenvalue weighted by molar-refractivity contribution is 6.46. The Bertz CT molecular complexity index is 1270. The van der Waals surface area contributed by atoms with E-state index in [9.17, 15) is 19.1 Å². The van der Waals surface area contributed by atoms with Crippen LogP contribution in [0.1, 0.15) is 56.0 Å². The van der Waals surface area contributed by atoms with Gasteiger partial charge in [-0.1, -0.05) is 25.8 Å². The number of Topliss-reactive ketones (excluding diaryl/α,β-unsaturated/α-hetero) is 1. The van der Waals surface area contributed by atoms with Gasteiger partial charge in [-0.3, -0.25) is 9.59 Å². The van der Waals surface area contributed by atoms with E-state index in [1.165, 1.54) is 35.4 Å². The molecule has 0 bridgehead atoms. The van der Waals surface area contributed by atoms with E-state index in [2.05, 4.69) is 6.92 Å². The number of rotatable bonds is 11. The quantitative estimate of drug-likeness (QED) is 0.148. The van der Waals surface area contributed by atoms with Crippen molar-refractivity contribution in [1.29, 1.82) is 0 Å². The summed E-state index contributed by atoms with van der Waals surface area (Å²) in [6.07, 6.45) is 4.51.